The molecular formula is C23H21ClFNO4. The van der Waals surface area contributed by atoms with Crippen molar-refractivity contribution in [2.45, 2.75) is 31.9 Å². The smallest absolute Gasteiger partial charge is 0.290 e. The first-order chi connectivity index (χ1) is 14.5. The average Bonchev–Trinajstić information content (AvgIpc) is 2.70. The lowest BCUT2D eigenvalue weighted by Gasteiger charge is -2.27. The molecule has 1 aliphatic carbocycles. The van der Waals surface area contributed by atoms with Crippen molar-refractivity contribution < 1.29 is 23.8 Å². The van der Waals surface area contributed by atoms with Gasteiger partial charge in [0.2, 0.25) is 0 Å². The number of carbonyl (C=O) groups excluding carboxylic acids is 1. The van der Waals surface area contributed by atoms with Gasteiger partial charge in [0.15, 0.2) is 0 Å². The summed E-state index contributed by atoms with van der Waals surface area (Å²) in [5, 5.41) is 12.1. The molecular weight excluding hydrogens is 409 g/mol. The monoisotopic (exact) mass is 429 g/mol. The second-order valence-corrected chi connectivity index (χ2v) is 7.33. The second kappa shape index (κ2) is 10.1. The summed E-state index contributed by atoms with van der Waals surface area (Å²) in [6.07, 6.45) is 3.15. The van der Waals surface area contributed by atoms with Gasteiger partial charge >= 0.3 is 0 Å². The molecule has 1 amide bonds. The molecule has 0 aromatic heterocycles. The number of amides is 1. The number of nitrogens with one attached hydrogen (secondary N) is 1. The lowest BCUT2D eigenvalue weighted by molar-refractivity contribution is -0.122. The fourth-order valence-corrected chi connectivity index (χ4v) is 3.34. The summed E-state index contributed by atoms with van der Waals surface area (Å²) in [4.78, 5) is 21.1. The first-order valence-electron chi connectivity index (χ1n) is 9.50. The van der Waals surface area contributed by atoms with Gasteiger partial charge in [0.1, 0.15) is 18.2 Å². The molecule has 0 unspecified atom stereocenters. The molecule has 0 heterocycles. The van der Waals surface area contributed by atoms with E-state index in [0.717, 1.165) is 30.0 Å². The Labute approximate surface area is 178 Å². The molecule has 0 spiro atoms. The molecule has 0 aliphatic heterocycles. The molecule has 1 fully saturated rings. The van der Waals surface area contributed by atoms with Crippen LogP contribution in [-0.4, -0.2) is 23.5 Å². The molecule has 0 bridgehead atoms. The van der Waals surface area contributed by atoms with Gasteiger partial charge in [0.05, 0.1) is 5.56 Å². The molecule has 156 valence electrons. The number of carboxylic acid groups (broad SMARTS) is 1. The number of hydrogen-bond donors (Lipinski definition) is 2. The van der Waals surface area contributed by atoms with Crippen molar-refractivity contribution in [3.8, 4) is 5.75 Å². The van der Waals surface area contributed by atoms with E-state index in [9.17, 15) is 9.18 Å². The number of ether oxygens (including phenoxy) is 1. The van der Waals surface area contributed by atoms with Crippen LogP contribution in [-0.2, 0) is 11.4 Å². The van der Waals surface area contributed by atoms with Crippen molar-refractivity contribution in [2.75, 3.05) is 0 Å². The molecule has 1 aliphatic rings. The van der Waals surface area contributed by atoms with E-state index in [2.05, 4.69) is 5.32 Å². The standard InChI is InChI=1S/C22H19ClFNO2.CH2O2/c23-16-10-8-15(20(24)12-16)13-27-21-18-7-2-1-4-14(18)9-11-19(21)22(26)25-17-5-3-6-17;2-1-3/h1-2,4,7-12,17H,3,5-6,13H2,(H,25,26);1H,(H,2,3). The minimum atomic E-state index is -0.428. The molecule has 1 saturated carbocycles. The lowest BCUT2D eigenvalue weighted by atomic mass is 9.92. The average molecular weight is 430 g/mol. The van der Waals surface area contributed by atoms with Gasteiger partial charge in [0.25, 0.3) is 12.4 Å². The quantitative estimate of drug-likeness (QED) is 0.547. The van der Waals surface area contributed by atoms with E-state index >= 15 is 0 Å². The number of carbonyl (C=O) groups is 2. The predicted molar refractivity (Wildman–Crippen MR) is 113 cm³/mol. The number of benzene rings is 3. The fourth-order valence-electron chi connectivity index (χ4n) is 3.18. The Hall–Kier alpha value is -3.12. The van der Waals surface area contributed by atoms with Crippen LogP contribution < -0.4 is 10.1 Å². The molecule has 0 saturated heterocycles. The Morgan fingerprint density at radius 3 is 2.60 bits per heavy atom. The Balaban J connectivity index is 0.000000806. The molecule has 3 aromatic rings. The van der Waals surface area contributed by atoms with Crippen molar-refractivity contribution in [1.82, 2.24) is 5.32 Å². The van der Waals surface area contributed by atoms with Crippen molar-refractivity contribution in [3.05, 3.63) is 76.6 Å². The summed E-state index contributed by atoms with van der Waals surface area (Å²) in [6.45, 7) is -0.235. The Morgan fingerprint density at radius 2 is 1.93 bits per heavy atom. The first-order valence-corrected chi connectivity index (χ1v) is 9.88. The van der Waals surface area contributed by atoms with Crippen LogP contribution in [0.4, 0.5) is 4.39 Å². The van der Waals surface area contributed by atoms with E-state index in [1.165, 1.54) is 6.07 Å². The minimum Gasteiger partial charge on any atom is -0.487 e. The summed E-state index contributed by atoms with van der Waals surface area (Å²) >= 11 is 5.81. The van der Waals surface area contributed by atoms with Crippen molar-refractivity contribution in [2.24, 2.45) is 0 Å². The summed E-state index contributed by atoms with van der Waals surface area (Å²) < 4.78 is 20.1. The number of hydrogen-bond acceptors (Lipinski definition) is 3. The number of halogens is 2. The molecule has 5 nitrogen and oxygen atoms in total. The first kappa shape index (κ1) is 21.6. The predicted octanol–water partition coefficient (Wildman–Crippen LogP) is 5.19. The molecule has 3 aromatic carbocycles. The molecule has 4 rings (SSSR count). The summed E-state index contributed by atoms with van der Waals surface area (Å²) in [7, 11) is 0. The van der Waals surface area contributed by atoms with Gasteiger partial charge in [-0.3, -0.25) is 9.59 Å². The van der Waals surface area contributed by atoms with Crippen LogP contribution in [0.2, 0.25) is 5.02 Å². The Bertz CT molecular complexity index is 1050. The van der Waals surface area contributed by atoms with E-state index in [1.807, 2.05) is 30.3 Å². The maximum absolute atomic E-state index is 14.1. The van der Waals surface area contributed by atoms with Crippen LogP contribution in [0.3, 0.4) is 0 Å². The van der Waals surface area contributed by atoms with Crippen molar-refractivity contribution >= 4 is 34.8 Å². The largest absolute Gasteiger partial charge is 0.487 e. The van der Waals surface area contributed by atoms with Crippen molar-refractivity contribution in [3.63, 3.8) is 0 Å². The maximum atomic E-state index is 14.1. The van der Waals surface area contributed by atoms with Gasteiger partial charge < -0.3 is 15.2 Å². The molecule has 30 heavy (non-hydrogen) atoms. The summed E-state index contributed by atoms with van der Waals surface area (Å²) in [5.74, 6) is -0.112. The number of rotatable bonds is 5. The van der Waals surface area contributed by atoms with Gasteiger partial charge in [-0.2, -0.15) is 0 Å². The van der Waals surface area contributed by atoms with Gasteiger partial charge in [-0.05, 0) is 42.8 Å². The van der Waals surface area contributed by atoms with Crippen LogP contribution in [0, 0.1) is 5.82 Å². The summed E-state index contributed by atoms with van der Waals surface area (Å²) in [5.41, 5.74) is 0.854. The summed E-state index contributed by atoms with van der Waals surface area (Å²) in [6, 6.07) is 16.1. The minimum absolute atomic E-state index is 0.0146. The molecule has 0 radical (unpaired) electrons. The Morgan fingerprint density at radius 1 is 1.20 bits per heavy atom. The van der Waals surface area contributed by atoms with E-state index in [0.29, 0.717) is 21.9 Å². The highest BCUT2D eigenvalue weighted by Crippen LogP contribution is 2.32. The lowest BCUT2D eigenvalue weighted by Crippen LogP contribution is -2.39. The van der Waals surface area contributed by atoms with Gasteiger partial charge in [-0.1, -0.05) is 48.0 Å². The third-order valence-corrected chi connectivity index (χ3v) is 5.19. The number of fused-ring (bicyclic) bond motifs is 1. The highest BCUT2D eigenvalue weighted by atomic mass is 35.5. The topological polar surface area (TPSA) is 75.6 Å². The molecule has 2 N–H and O–H groups in total. The van der Waals surface area contributed by atoms with Gasteiger partial charge in [-0.25, -0.2) is 4.39 Å². The third-order valence-electron chi connectivity index (χ3n) is 4.95. The van der Waals surface area contributed by atoms with E-state index in [1.54, 1.807) is 18.2 Å². The molecule has 0 atom stereocenters. The highest BCUT2D eigenvalue weighted by Gasteiger charge is 2.23. The highest BCUT2D eigenvalue weighted by molar-refractivity contribution is 6.30. The zero-order valence-electron chi connectivity index (χ0n) is 16.1. The van der Waals surface area contributed by atoms with Crippen LogP contribution >= 0.6 is 11.6 Å². The van der Waals surface area contributed by atoms with Crippen LogP contribution in [0.15, 0.2) is 54.6 Å². The van der Waals surface area contributed by atoms with Crippen molar-refractivity contribution in [1.29, 1.82) is 0 Å². The van der Waals surface area contributed by atoms with Gasteiger partial charge in [-0.15, -0.1) is 0 Å². The zero-order chi connectivity index (χ0) is 21.5. The maximum Gasteiger partial charge on any atom is 0.290 e. The van der Waals surface area contributed by atoms with E-state index in [-0.39, 0.29) is 25.0 Å². The SMILES string of the molecule is O=C(NC1CCC1)c1ccc2ccccc2c1OCc1ccc(Cl)cc1F.O=CO. The molecule has 7 heteroatoms. The third kappa shape index (κ3) is 5.07. The zero-order valence-corrected chi connectivity index (χ0v) is 16.9. The fraction of sp³-hybridized carbons (Fsp3) is 0.217. The van der Waals surface area contributed by atoms with E-state index in [4.69, 9.17) is 26.2 Å². The second-order valence-electron chi connectivity index (χ2n) is 6.89. The van der Waals surface area contributed by atoms with Gasteiger partial charge in [0, 0.05) is 22.0 Å². The van der Waals surface area contributed by atoms with Crippen LogP contribution in [0.25, 0.3) is 10.8 Å². The Kier molecular flexibility index (Phi) is 7.25. The van der Waals surface area contributed by atoms with Crippen LogP contribution in [0.5, 0.6) is 5.75 Å². The van der Waals surface area contributed by atoms with Crippen LogP contribution in [0.1, 0.15) is 35.2 Å². The normalized spacial score (nSPS) is 13.0. The van der Waals surface area contributed by atoms with E-state index < -0.39 is 5.82 Å².